The lowest BCUT2D eigenvalue weighted by Crippen LogP contribution is -2.54. The van der Waals surface area contributed by atoms with Crippen molar-refractivity contribution >= 4 is 84.8 Å². The van der Waals surface area contributed by atoms with Gasteiger partial charge in [0, 0.05) is 117 Å². The average molecular weight is 1270 g/mol. The Labute approximate surface area is 531 Å². The Balaban J connectivity index is 0.632. The number of unbranched alkanes of at least 4 members (excludes halogenated alkanes) is 1. The first kappa shape index (κ1) is 62.0. The zero-order chi connectivity index (χ0) is 63.6. The van der Waals surface area contributed by atoms with Crippen molar-refractivity contribution in [1.82, 2.24) is 44.5 Å². The number of carbonyl (C=O) groups excluding carboxylic acids is 5. The number of piperazine rings is 1. The number of benzene rings is 4. The number of carbonyl (C=O) groups is 5. The summed E-state index contributed by atoms with van der Waals surface area (Å²) in [6.45, 7) is 11.8. The fraction of sp³-hybridized carbons (Fsp3) is 0.358. The number of hydrogen-bond donors (Lipinski definition) is 4. The first-order chi connectivity index (χ1) is 43.8. The van der Waals surface area contributed by atoms with Gasteiger partial charge >= 0.3 is 0 Å². The summed E-state index contributed by atoms with van der Waals surface area (Å²) in [6, 6.07) is 24.2. The molecule has 4 aliphatic heterocycles. The number of nitrogens with one attached hydrogen (secondary N) is 4. The molecular formula is C67H69ClN12O10S. The number of H-pyrrole nitrogens is 1. The number of nitrogens with zero attached hydrogens (tertiary/aromatic N) is 8. The van der Waals surface area contributed by atoms with Crippen LogP contribution >= 0.6 is 11.6 Å². The molecule has 1 unspecified atom stereocenters. The number of hydrogen-bond acceptors (Lipinski definition) is 16. The largest absolute Gasteiger partial charge is 0.455 e. The second-order valence-corrected chi connectivity index (χ2v) is 26.8. The Bertz CT molecular complexity index is 4230. The van der Waals surface area contributed by atoms with Crippen LogP contribution in [0.3, 0.4) is 0 Å². The average Bonchev–Trinajstić information content (AvgIpc) is 1.65. The third-order valence-corrected chi connectivity index (χ3v) is 19.4. The van der Waals surface area contributed by atoms with E-state index in [1.807, 2.05) is 35.3 Å². The molecule has 470 valence electrons. The molecule has 1 atom stereocenters. The number of sulfonamides is 1. The lowest BCUT2D eigenvalue weighted by atomic mass is 9.72. The minimum Gasteiger partial charge on any atom is -0.455 e. The molecule has 3 aromatic heterocycles. The molecule has 4 aromatic carbocycles. The molecule has 24 heteroatoms. The van der Waals surface area contributed by atoms with Gasteiger partial charge in [0.15, 0.2) is 0 Å². The van der Waals surface area contributed by atoms with Crippen LogP contribution in [-0.4, -0.2) is 136 Å². The van der Waals surface area contributed by atoms with Crippen LogP contribution < -0.4 is 25.0 Å². The standard InChI is InChI=1S/C67H69ClN12O10S/c1-67(2)24-20-48(55(36-67)45-10-12-49(68)13-11-45)42-76-29-31-77(32-30-76)50-14-16-53(59(34-50)90-51-33-47-21-25-69-62(47)71-39-51)63(82)74-91(88,89)52-15-17-56(58(35-52)80(86)87)70-37-43-22-27-75(28-23-43)40-44-38-72-78(41-44)26-5-3-4-7-46-8-6-9-54-61(46)66(85)79(65(54)84)57-18-19-60(81)73-64(57)83/h6,8-17,21,25,33-35,38-39,41,43,57,70H,3,5,18-20,22-24,26-32,36-37,40,42H2,1-2H3,(H,69,71)(H,74,82)(H,73,81,83). The predicted octanol–water partition coefficient (Wildman–Crippen LogP) is 9.58. The van der Waals surface area contributed by atoms with E-state index in [0.29, 0.717) is 67.5 Å². The number of amides is 5. The van der Waals surface area contributed by atoms with Gasteiger partial charge in [-0.3, -0.25) is 58.8 Å². The molecule has 12 rings (SSSR count). The maximum absolute atomic E-state index is 14.2. The second kappa shape index (κ2) is 26.3. The highest BCUT2D eigenvalue weighted by Gasteiger charge is 2.45. The van der Waals surface area contributed by atoms with Crippen LogP contribution in [0.1, 0.15) is 119 Å². The van der Waals surface area contributed by atoms with Gasteiger partial charge in [-0.15, -0.1) is 0 Å². The summed E-state index contributed by atoms with van der Waals surface area (Å²) in [5.74, 6) is 3.50. The van der Waals surface area contributed by atoms with Crippen molar-refractivity contribution in [2.75, 3.05) is 62.6 Å². The monoisotopic (exact) mass is 1270 g/mol. The van der Waals surface area contributed by atoms with Gasteiger partial charge in [0.05, 0.1) is 38.9 Å². The van der Waals surface area contributed by atoms with E-state index in [-0.39, 0.29) is 52.3 Å². The fourth-order valence-electron chi connectivity index (χ4n) is 12.8. The zero-order valence-electron chi connectivity index (χ0n) is 50.5. The van der Waals surface area contributed by atoms with E-state index < -0.39 is 61.1 Å². The van der Waals surface area contributed by atoms with E-state index >= 15 is 0 Å². The Hall–Kier alpha value is -9.21. The van der Waals surface area contributed by atoms with Crippen molar-refractivity contribution < 1.29 is 42.1 Å². The molecule has 0 spiro atoms. The van der Waals surface area contributed by atoms with Gasteiger partial charge in [0.2, 0.25) is 11.8 Å². The summed E-state index contributed by atoms with van der Waals surface area (Å²) in [5, 5.41) is 24.0. The van der Waals surface area contributed by atoms with Crippen LogP contribution in [0.2, 0.25) is 5.02 Å². The van der Waals surface area contributed by atoms with Crippen molar-refractivity contribution in [2.45, 2.75) is 95.7 Å². The summed E-state index contributed by atoms with van der Waals surface area (Å²) >= 11 is 6.28. The van der Waals surface area contributed by atoms with Gasteiger partial charge in [-0.05, 0) is 141 Å². The van der Waals surface area contributed by atoms with Crippen LogP contribution in [-0.2, 0) is 32.7 Å². The molecule has 4 N–H and O–H groups in total. The molecule has 0 radical (unpaired) electrons. The molecule has 5 amide bonds. The van der Waals surface area contributed by atoms with Crippen LogP contribution in [0.25, 0.3) is 16.6 Å². The van der Waals surface area contributed by atoms with Crippen LogP contribution in [0.5, 0.6) is 11.5 Å². The quantitative estimate of drug-likeness (QED) is 0.0193. The molecule has 3 fully saturated rings. The summed E-state index contributed by atoms with van der Waals surface area (Å²) in [7, 11) is -4.65. The van der Waals surface area contributed by atoms with Crippen molar-refractivity contribution in [3.05, 3.63) is 170 Å². The normalized spacial score (nSPS) is 18.3. The number of likely N-dealkylation sites (tertiary alicyclic amines) is 1. The Morgan fingerprint density at radius 1 is 0.890 bits per heavy atom. The van der Waals surface area contributed by atoms with E-state index in [9.17, 15) is 42.5 Å². The molecule has 91 heavy (non-hydrogen) atoms. The van der Waals surface area contributed by atoms with E-state index in [0.717, 1.165) is 92.4 Å². The number of ether oxygens (including phenoxy) is 1. The number of piperidine rings is 2. The van der Waals surface area contributed by atoms with Crippen LogP contribution in [0.4, 0.5) is 17.1 Å². The minimum absolute atomic E-state index is 0.0350. The number of imide groups is 2. The number of aromatic amines is 1. The summed E-state index contributed by atoms with van der Waals surface area (Å²) in [6.07, 6.45) is 13.2. The molecule has 0 saturated carbocycles. The van der Waals surface area contributed by atoms with Crippen LogP contribution in [0.15, 0.2) is 126 Å². The summed E-state index contributed by atoms with van der Waals surface area (Å²) in [4.78, 5) is 91.9. The Kier molecular flexibility index (Phi) is 17.9. The number of allylic oxidation sites excluding steroid dienone is 1. The SMILES string of the molecule is CC1(C)CCC(CN2CCN(c3ccc(C(=O)NS(=O)(=O)c4ccc(NCC5CCN(Cc6cnn(CCCC#Cc7cccc8c7C(=O)N(C7CCC(=O)NC7=O)C8=O)c6)CC5)c([N+](=O)[O-])c4)c(Oc4cnc5[nH]ccc5c4)c3)CC2)=C(c2ccc(Cl)cc2)C1. The number of nitro groups is 1. The van der Waals surface area contributed by atoms with E-state index in [2.05, 4.69) is 82.9 Å². The number of halogens is 1. The first-order valence-corrected chi connectivity index (χ1v) is 32.5. The summed E-state index contributed by atoms with van der Waals surface area (Å²) in [5.41, 5.74) is 7.12. The molecule has 7 aromatic rings. The van der Waals surface area contributed by atoms with Gasteiger partial charge in [0.1, 0.15) is 28.9 Å². The topological polar surface area (TPSA) is 267 Å². The summed E-state index contributed by atoms with van der Waals surface area (Å²) < 4.78 is 38.4. The number of aryl methyl sites for hydroxylation is 1. The van der Waals surface area contributed by atoms with Crippen molar-refractivity contribution in [3.63, 3.8) is 0 Å². The predicted molar refractivity (Wildman–Crippen MR) is 343 cm³/mol. The highest BCUT2D eigenvalue weighted by molar-refractivity contribution is 7.90. The van der Waals surface area contributed by atoms with Gasteiger partial charge in [0.25, 0.3) is 33.4 Å². The Morgan fingerprint density at radius 3 is 2.46 bits per heavy atom. The van der Waals surface area contributed by atoms with E-state index in [1.54, 1.807) is 42.6 Å². The zero-order valence-corrected chi connectivity index (χ0v) is 52.1. The number of aromatic nitrogens is 4. The number of anilines is 2. The molecule has 22 nitrogen and oxygen atoms in total. The number of rotatable bonds is 19. The third kappa shape index (κ3) is 14.1. The lowest BCUT2D eigenvalue weighted by Gasteiger charge is -2.39. The molecule has 3 saturated heterocycles. The molecule has 7 heterocycles. The highest BCUT2D eigenvalue weighted by atomic mass is 35.5. The molecule has 5 aliphatic rings. The fourth-order valence-corrected chi connectivity index (χ4v) is 13.9. The van der Waals surface area contributed by atoms with Gasteiger partial charge in [-0.1, -0.05) is 61.1 Å². The highest BCUT2D eigenvalue weighted by Crippen LogP contribution is 2.44. The van der Waals surface area contributed by atoms with E-state index in [1.165, 1.54) is 41.1 Å². The first-order valence-electron chi connectivity index (χ1n) is 30.7. The minimum atomic E-state index is -4.65. The smallest absolute Gasteiger partial charge is 0.293 e. The number of pyridine rings is 1. The van der Waals surface area contributed by atoms with Gasteiger partial charge < -0.3 is 19.9 Å². The van der Waals surface area contributed by atoms with E-state index in [4.69, 9.17) is 16.3 Å². The molecule has 1 aliphatic carbocycles. The van der Waals surface area contributed by atoms with Crippen molar-refractivity contribution in [3.8, 4) is 23.3 Å². The van der Waals surface area contributed by atoms with Crippen molar-refractivity contribution in [2.24, 2.45) is 11.3 Å². The Morgan fingerprint density at radius 2 is 1.68 bits per heavy atom. The van der Waals surface area contributed by atoms with Gasteiger partial charge in [-0.2, -0.15) is 5.10 Å². The van der Waals surface area contributed by atoms with Crippen molar-refractivity contribution in [1.29, 1.82) is 0 Å². The van der Waals surface area contributed by atoms with Gasteiger partial charge in [-0.25, -0.2) is 18.1 Å². The molecular weight excluding hydrogens is 1200 g/mol. The maximum Gasteiger partial charge on any atom is 0.293 e. The molecule has 0 bridgehead atoms. The third-order valence-electron chi connectivity index (χ3n) is 17.8. The van der Waals surface area contributed by atoms with Crippen LogP contribution in [0, 0.1) is 33.3 Å². The number of nitro benzene ring substituents is 1. The lowest BCUT2D eigenvalue weighted by molar-refractivity contribution is -0.384. The number of fused-ring (bicyclic) bond motifs is 2. The second-order valence-electron chi connectivity index (χ2n) is 24.7. The maximum atomic E-state index is 14.2.